The summed E-state index contributed by atoms with van der Waals surface area (Å²) in [7, 11) is 1.32. The van der Waals surface area contributed by atoms with Crippen molar-refractivity contribution in [2.45, 2.75) is 13.8 Å². The molecule has 1 rings (SSSR count). The van der Waals surface area contributed by atoms with Gasteiger partial charge in [0.15, 0.2) is 0 Å². The maximum absolute atomic E-state index is 11.8. The Hall–Kier alpha value is -2.11. The molecule has 6 heteroatoms. The zero-order valence-corrected chi connectivity index (χ0v) is 11.4. The number of nitrogens with zero attached hydrogens (tertiary/aromatic N) is 2. The summed E-state index contributed by atoms with van der Waals surface area (Å²) in [6.07, 6.45) is 1.57. The van der Waals surface area contributed by atoms with E-state index in [0.29, 0.717) is 17.9 Å². The van der Waals surface area contributed by atoms with Crippen LogP contribution in [0, 0.1) is 0 Å². The minimum Gasteiger partial charge on any atom is -0.468 e. The lowest BCUT2D eigenvalue weighted by molar-refractivity contribution is -0.138. The van der Waals surface area contributed by atoms with Gasteiger partial charge in [0.05, 0.1) is 13.7 Å². The normalized spacial score (nSPS) is 9.84. The average Bonchev–Trinajstić information content (AvgIpc) is 2.44. The van der Waals surface area contributed by atoms with E-state index in [-0.39, 0.29) is 19.1 Å². The summed E-state index contributed by atoms with van der Waals surface area (Å²) >= 11 is 0. The van der Waals surface area contributed by atoms with Gasteiger partial charge in [-0.05, 0) is 26.0 Å². The first kappa shape index (κ1) is 14.9. The molecule has 0 unspecified atom stereocenters. The number of hydrogen-bond acceptors (Lipinski definition) is 6. The predicted octanol–water partition coefficient (Wildman–Crippen LogP) is 1.26. The van der Waals surface area contributed by atoms with Gasteiger partial charge < -0.3 is 14.4 Å². The van der Waals surface area contributed by atoms with E-state index < -0.39 is 5.97 Å². The van der Waals surface area contributed by atoms with Gasteiger partial charge in [-0.15, -0.1) is 0 Å². The van der Waals surface area contributed by atoms with Crippen molar-refractivity contribution >= 4 is 17.8 Å². The highest BCUT2D eigenvalue weighted by atomic mass is 16.5. The molecule has 0 atom stereocenters. The van der Waals surface area contributed by atoms with Crippen LogP contribution in [0.5, 0.6) is 0 Å². The van der Waals surface area contributed by atoms with Gasteiger partial charge in [-0.2, -0.15) is 0 Å². The molecule has 0 saturated carbocycles. The minimum atomic E-state index is -0.450. The molecule has 0 radical (unpaired) electrons. The van der Waals surface area contributed by atoms with Crippen LogP contribution in [0.1, 0.15) is 24.2 Å². The van der Waals surface area contributed by atoms with Gasteiger partial charge in [0.2, 0.25) is 0 Å². The molecule has 1 aromatic heterocycles. The van der Waals surface area contributed by atoms with Crippen LogP contribution in [0.15, 0.2) is 18.3 Å². The standard InChI is InChI=1S/C13H18N2O4/c1-4-15(9-11(16)18-3)12-10(7-6-8-14-12)13(17)19-5-2/h6-8H,4-5,9H2,1-3H3. The van der Waals surface area contributed by atoms with Crippen LogP contribution in [-0.2, 0) is 14.3 Å². The summed E-state index contributed by atoms with van der Waals surface area (Å²) in [5, 5.41) is 0. The third kappa shape index (κ3) is 3.94. The SMILES string of the molecule is CCOC(=O)c1cccnc1N(CC)CC(=O)OC. The summed E-state index contributed by atoms with van der Waals surface area (Å²) in [6, 6.07) is 3.28. The van der Waals surface area contributed by atoms with Gasteiger partial charge in [0.1, 0.15) is 17.9 Å². The lowest BCUT2D eigenvalue weighted by Gasteiger charge is -2.22. The van der Waals surface area contributed by atoms with Crippen LogP contribution in [-0.4, -0.2) is 43.7 Å². The number of aromatic nitrogens is 1. The Morgan fingerprint density at radius 2 is 2.11 bits per heavy atom. The molecule has 6 nitrogen and oxygen atoms in total. The molecule has 0 N–H and O–H groups in total. The highest BCUT2D eigenvalue weighted by molar-refractivity contribution is 5.95. The van der Waals surface area contributed by atoms with E-state index in [1.807, 2.05) is 6.92 Å². The Balaban J connectivity index is 3.03. The number of carbonyl (C=O) groups is 2. The van der Waals surface area contributed by atoms with Crippen LogP contribution >= 0.6 is 0 Å². The van der Waals surface area contributed by atoms with E-state index in [2.05, 4.69) is 9.72 Å². The molecular weight excluding hydrogens is 248 g/mol. The second kappa shape index (κ2) is 7.35. The summed E-state index contributed by atoms with van der Waals surface area (Å²) in [5.41, 5.74) is 0.343. The molecule has 0 fully saturated rings. The van der Waals surface area contributed by atoms with Gasteiger partial charge in [-0.1, -0.05) is 0 Å². The Morgan fingerprint density at radius 1 is 1.37 bits per heavy atom. The third-order valence-electron chi connectivity index (χ3n) is 2.51. The number of methoxy groups -OCH3 is 1. The first-order valence-corrected chi connectivity index (χ1v) is 6.07. The summed E-state index contributed by atoms with van der Waals surface area (Å²) in [4.78, 5) is 29.0. The molecule has 0 amide bonds. The Kier molecular flexibility index (Phi) is 5.78. The lowest BCUT2D eigenvalue weighted by Crippen LogP contribution is -2.32. The quantitative estimate of drug-likeness (QED) is 0.722. The fourth-order valence-electron chi connectivity index (χ4n) is 1.57. The number of esters is 2. The summed E-state index contributed by atoms with van der Waals surface area (Å²) in [5.74, 6) is -0.412. The smallest absolute Gasteiger partial charge is 0.341 e. The van der Waals surface area contributed by atoms with Crippen LogP contribution in [0.2, 0.25) is 0 Å². The molecule has 0 saturated heterocycles. The molecule has 19 heavy (non-hydrogen) atoms. The highest BCUT2D eigenvalue weighted by Crippen LogP contribution is 2.18. The van der Waals surface area contributed by atoms with Crippen LogP contribution < -0.4 is 4.90 Å². The molecule has 0 aromatic carbocycles. The van der Waals surface area contributed by atoms with E-state index in [0.717, 1.165) is 0 Å². The van der Waals surface area contributed by atoms with Gasteiger partial charge in [0.25, 0.3) is 0 Å². The largest absolute Gasteiger partial charge is 0.468 e. The molecular formula is C13H18N2O4. The van der Waals surface area contributed by atoms with Crippen molar-refractivity contribution in [2.75, 3.05) is 31.7 Å². The van der Waals surface area contributed by atoms with E-state index in [4.69, 9.17) is 4.74 Å². The maximum Gasteiger partial charge on any atom is 0.341 e. The number of carbonyl (C=O) groups excluding carboxylic acids is 2. The molecule has 0 aliphatic heterocycles. The van der Waals surface area contributed by atoms with E-state index >= 15 is 0 Å². The van der Waals surface area contributed by atoms with Crippen LogP contribution in [0.4, 0.5) is 5.82 Å². The zero-order chi connectivity index (χ0) is 14.3. The lowest BCUT2D eigenvalue weighted by atomic mass is 10.2. The number of rotatable bonds is 6. The van der Waals surface area contributed by atoms with Crippen LogP contribution in [0.3, 0.4) is 0 Å². The fourth-order valence-corrected chi connectivity index (χ4v) is 1.57. The summed E-state index contributed by atoms with van der Waals surface area (Å²) < 4.78 is 9.60. The molecule has 1 heterocycles. The maximum atomic E-state index is 11.8. The number of hydrogen-bond donors (Lipinski definition) is 0. The van der Waals surface area contributed by atoms with Gasteiger partial charge in [0, 0.05) is 12.7 Å². The van der Waals surface area contributed by atoms with Gasteiger partial charge in [-0.25, -0.2) is 9.78 Å². The zero-order valence-electron chi connectivity index (χ0n) is 11.4. The second-order valence-electron chi connectivity index (χ2n) is 3.69. The van der Waals surface area contributed by atoms with Crippen molar-refractivity contribution < 1.29 is 19.1 Å². The molecule has 0 bridgehead atoms. The highest BCUT2D eigenvalue weighted by Gasteiger charge is 2.19. The summed E-state index contributed by atoms with van der Waals surface area (Å²) in [6.45, 7) is 4.46. The number of likely N-dealkylation sites (N-methyl/N-ethyl adjacent to an activating group) is 1. The number of ether oxygens (including phenoxy) is 2. The van der Waals surface area contributed by atoms with E-state index in [1.165, 1.54) is 7.11 Å². The topological polar surface area (TPSA) is 68.7 Å². The monoisotopic (exact) mass is 266 g/mol. The Bertz CT molecular complexity index is 448. The predicted molar refractivity (Wildman–Crippen MR) is 70.1 cm³/mol. The average molecular weight is 266 g/mol. The molecule has 0 aliphatic carbocycles. The molecule has 0 spiro atoms. The number of pyridine rings is 1. The Morgan fingerprint density at radius 3 is 2.68 bits per heavy atom. The van der Waals surface area contributed by atoms with Crippen molar-refractivity contribution in [3.63, 3.8) is 0 Å². The first-order chi connectivity index (χ1) is 9.13. The third-order valence-corrected chi connectivity index (χ3v) is 2.51. The minimum absolute atomic E-state index is 0.0381. The first-order valence-electron chi connectivity index (χ1n) is 6.07. The van der Waals surface area contributed by atoms with E-state index in [9.17, 15) is 9.59 Å². The van der Waals surface area contributed by atoms with Crippen molar-refractivity contribution in [3.8, 4) is 0 Å². The van der Waals surface area contributed by atoms with Crippen molar-refractivity contribution in [3.05, 3.63) is 23.9 Å². The van der Waals surface area contributed by atoms with Crippen molar-refractivity contribution in [2.24, 2.45) is 0 Å². The van der Waals surface area contributed by atoms with Crippen molar-refractivity contribution in [1.29, 1.82) is 0 Å². The number of anilines is 1. The van der Waals surface area contributed by atoms with Crippen LogP contribution in [0.25, 0.3) is 0 Å². The van der Waals surface area contributed by atoms with E-state index in [1.54, 1.807) is 30.2 Å². The molecule has 1 aromatic rings. The second-order valence-corrected chi connectivity index (χ2v) is 3.69. The fraction of sp³-hybridized carbons (Fsp3) is 0.462. The van der Waals surface area contributed by atoms with Crippen molar-refractivity contribution in [1.82, 2.24) is 4.98 Å². The molecule has 104 valence electrons. The molecule has 0 aliphatic rings. The Labute approximate surface area is 112 Å². The van der Waals surface area contributed by atoms with Gasteiger partial charge >= 0.3 is 11.9 Å². The van der Waals surface area contributed by atoms with Gasteiger partial charge in [-0.3, -0.25) is 4.79 Å².